The number of halogens is 2. The number of aromatic nitrogens is 3. The zero-order chi connectivity index (χ0) is 25.5. The monoisotopic (exact) mass is 497 g/mol. The van der Waals surface area contributed by atoms with Crippen LogP contribution in [0.5, 0.6) is 0 Å². The first-order valence-corrected chi connectivity index (χ1v) is 11.0. The molecule has 182 valence electrons. The topological polar surface area (TPSA) is 137 Å². The number of nitrogens with zero attached hydrogens (tertiary/aromatic N) is 2. The molecule has 0 aliphatic heterocycles. The maximum atomic E-state index is 14.3. The second-order valence-corrected chi connectivity index (χ2v) is 8.04. The summed E-state index contributed by atoms with van der Waals surface area (Å²) in [4.78, 5) is 21.6. The number of likely N-dealkylation sites (N-methyl/N-ethyl adjacent to an activating group) is 1. The van der Waals surface area contributed by atoms with Gasteiger partial charge < -0.3 is 26.2 Å². The lowest BCUT2D eigenvalue weighted by Crippen LogP contribution is -2.28. The molecule has 6 N–H and O–H groups in total. The normalized spacial score (nSPS) is 12.4. The van der Waals surface area contributed by atoms with E-state index < -0.39 is 17.9 Å². The van der Waals surface area contributed by atoms with Crippen LogP contribution in [0, 0.1) is 5.82 Å². The van der Waals surface area contributed by atoms with Crippen molar-refractivity contribution in [1.29, 1.82) is 0 Å². The van der Waals surface area contributed by atoms with Crippen molar-refractivity contribution in [2.45, 2.75) is 19.1 Å². The van der Waals surface area contributed by atoms with E-state index in [2.05, 4.69) is 20.3 Å². The van der Waals surface area contributed by atoms with Crippen LogP contribution in [0.25, 0.3) is 22.4 Å². The third-order valence-corrected chi connectivity index (χ3v) is 5.60. The maximum Gasteiger partial charge on any atom is 0.352 e. The van der Waals surface area contributed by atoms with Crippen molar-refractivity contribution in [2.24, 2.45) is 0 Å². The number of H-pyrrole nitrogens is 1. The number of aromatic carboxylic acids is 1. The van der Waals surface area contributed by atoms with Crippen LogP contribution in [0.15, 0.2) is 67.0 Å². The average Bonchev–Trinajstić information content (AvgIpc) is 3.37. The van der Waals surface area contributed by atoms with Crippen molar-refractivity contribution in [2.75, 3.05) is 12.8 Å². The Bertz CT molecular complexity index is 1300. The maximum absolute atomic E-state index is 14.3. The SMILES string of the molecule is CNC(C)C(O)c1ccccc1.Nc1ncc(-c2cccc(Cl)c2F)c(-c2c[nH]c(C(=O)O)c2)n1. The number of aliphatic hydroxyl groups excluding tert-OH is 1. The van der Waals surface area contributed by atoms with Crippen molar-refractivity contribution in [3.8, 4) is 22.4 Å². The third-order valence-electron chi connectivity index (χ3n) is 5.31. The fraction of sp³-hybridized carbons (Fsp3) is 0.160. The zero-order valence-corrected chi connectivity index (χ0v) is 19.8. The summed E-state index contributed by atoms with van der Waals surface area (Å²) in [5.41, 5.74) is 7.86. The summed E-state index contributed by atoms with van der Waals surface area (Å²) >= 11 is 5.81. The largest absolute Gasteiger partial charge is 0.477 e. The number of anilines is 1. The molecule has 2 aromatic heterocycles. The molecular formula is C25H25ClFN5O3. The predicted molar refractivity (Wildman–Crippen MR) is 134 cm³/mol. The van der Waals surface area contributed by atoms with Crippen molar-refractivity contribution in [3.05, 3.63) is 89.1 Å². The van der Waals surface area contributed by atoms with Gasteiger partial charge in [-0.15, -0.1) is 0 Å². The number of rotatable bonds is 6. The third kappa shape index (κ3) is 6.21. The first kappa shape index (κ1) is 25.8. The molecule has 2 heterocycles. The summed E-state index contributed by atoms with van der Waals surface area (Å²) in [5.74, 6) is -1.74. The van der Waals surface area contributed by atoms with Crippen molar-refractivity contribution >= 4 is 23.5 Å². The fourth-order valence-electron chi connectivity index (χ4n) is 3.28. The molecule has 8 nitrogen and oxygen atoms in total. The molecule has 2 unspecified atom stereocenters. The minimum atomic E-state index is -1.12. The Morgan fingerprint density at radius 2 is 1.89 bits per heavy atom. The lowest BCUT2D eigenvalue weighted by molar-refractivity contribution is 0.0691. The van der Waals surface area contributed by atoms with Gasteiger partial charge in [0.1, 0.15) is 11.5 Å². The lowest BCUT2D eigenvalue weighted by atomic mass is 10.0. The van der Waals surface area contributed by atoms with Gasteiger partial charge in [-0.25, -0.2) is 19.2 Å². The molecule has 0 radical (unpaired) electrons. The van der Waals surface area contributed by atoms with E-state index in [1.807, 2.05) is 44.3 Å². The molecule has 0 aliphatic carbocycles. The molecule has 2 aromatic carbocycles. The van der Waals surface area contributed by atoms with Gasteiger partial charge >= 0.3 is 5.97 Å². The van der Waals surface area contributed by atoms with E-state index in [-0.39, 0.29) is 28.3 Å². The number of hydrogen-bond donors (Lipinski definition) is 5. The molecule has 0 aliphatic rings. The minimum absolute atomic E-state index is 0.00994. The molecule has 2 atom stereocenters. The molecular weight excluding hydrogens is 473 g/mol. The van der Waals surface area contributed by atoms with Gasteiger partial charge in [-0.1, -0.05) is 54.1 Å². The van der Waals surface area contributed by atoms with Crippen LogP contribution in [-0.2, 0) is 0 Å². The number of nitrogens with two attached hydrogens (primary N) is 1. The van der Waals surface area contributed by atoms with Crippen LogP contribution in [-0.4, -0.2) is 44.2 Å². The summed E-state index contributed by atoms with van der Waals surface area (Å²) in [5, 5.41) is 21.7. The number of nitrogens with one attached hydrogen (secondary N) is 2. The molecule has 10 heteroatoms. The first-order valence-electron chi connectivity index (χ1n) is 10.6. The lowest BCUT2D eigenvalue weighted by Gasteiger charge is -2.17. The van der Waals surface area contributed by atoms with Crippen molar-refractivity contribution in [3.63, 3.8) is 0 Å². The molecule has 0 bridgehead atoms. The van der Waals surface area contributed by atoms with E-state index in [1.165, 1.54) is 30.6 Å². The second-order valence-electron chi connectivity index (χ2n) is 7.63. The number of hydrogen-bond acceptors (Lipinski definition) is 6. The zero-order valence-electron chi connectivity index (χ0n) is 19.0. The van der Waals surface area contributed by atoms with Gasteiger partial charge in [0.05, 0.1) is 16.8 Å². The fourth-order valence-corrected chi connectivity index (χ4v) is 3.45. The molecule has 0 saturated heterocycles. The van der Waals surface area contributed by atoms with Gasteiger partial charge in [0.25, 0.3) is 0 Å². The summed E-state index contributed by atoms with van der Waals surface area (Å²) in [7, 11) is 1.84. The van der Waals surface area contributed by atoms with E-state index in [0.717, 1.165) is 5.56 Å². The number of carboxylic acid groups (broad SMARTS) is 1. The number of benzene rings is 2. The molecule has 35 heavy (non-hydrogen) atoms. The van der Waals surface area contributed by atoms with Gasteiger partial charge in [0.15, 0.2) is 0 Å². The number of aromatic amines is 1. The van der Waals surface area contributed by atoms with Crippen LogP contribution >= 0.6 is 11.6 Å². The quantitative estimate of drug-likeness (QED) is 0.263. The average molecular weight is 498 g/mol. The molecule has 0 fully saturated rings. The predicted octanol–water partition coefficient (Wildman–Crippen LogP) is 4.54. The molecule has 0 spiro atoms. The number of nitrogen functional groups attached to an aromatic ring is 1. The van der Waals surface area contributed by atoms with Crippen LogP contribution in [0.1, 0.15) is 29.1 Å². The Kier molecular flexibility index (Phi) is 8.53. The van der Waals surface area contributed by atoms with Gasteiger partial charge in [-0.3, -0.25) is 0 Å². The smallest absolute Gasteiger partial charge is 0.352 e. The van der Waals surface area contributed by atoms with Gasteiger partial charge in [-0.2, -0.15) is 0 Å². The Balaban J connectivity index is 0.000000241. The van der Waals surface area contributed by atoms with Crippen LogP contribution in [0.4, 0.5) is 10.3 Å². The number of aliphatic hydroxyl groups is 1. The first-order chi connectivity index (χ1) is 16.7. The molecule has 4 aromatic rings. The minimum Gasteiger partial charge on any atom is -0.477 e. The number of carbonyl (C=O) groups is 1. The molecule has 0 saturated carbocycles. The molecule has 0 amide bonds. The highest BCUT2D eigenvalue weighted by molar-refractivity contribution is 6.31. The summed E-state index contributed by atoms with van der Waals surface area (Å²) in [6.07, 6.45) is 2.41. The summed E-state index contributed by atoms with van der Waals surface area (Å²) < 4.78 is 14.3. The van der Waals surface area contributed by atoms with Crippen LogP contribution < -0.4 is 11.1 Å². The Morgan fingerprint density at radius 1 is 1.17 bits per heavy atom. The highest BCUT2D eigenvalue weighted by Crippen LogP contribution is 2.34. The van der Waals surface area contributed by atoms with E-state index in [9.17, 15) is 14.3 Å². The highest BCUT2D eigenvalue weighted by atomic mass is 35.5. The Labute approximate surface area is 206 Å². The van der Waals surface area contributed by atoms with Gasteiger partial charge in [0.2, 0.25) is 5.95 Å². The summed E-state index contributed by atoms with van der Waals surface area (Å²) in [6.45, 7) is 1.96. The molecule has 4 rings (SSSR count). The van der Waals surface area contributed by atoms with E-state index in [0.29, 0.717) is 16.8 Å². The highest BCUT2D eigenvalue weighted by Gasteiger charge is 2.18. The van der Waals surface area contributed by atoms with Gasteiger partial charge in [-0.05, 0) is 31.7 Å². The van der Waals surface area contributed by atoms with E-state index in [1.54, 1.807) is 6.07 Å². The Morgan fingerprint density at radius 3 is 2.51 bits per heavy atom. The van der Waals surface area contributed by atoms with Crippen molar-refractivity contribution < 1.29 is 19.4 Å². The standard InChI is InChI=1S/C15H10ClFN4O2.C10H15NO/c16-10-3-1-2-8(12(10)17)9-6-20-15(18)21-13(9)7-4-11(14(22)23)19-5-7;1-8(11-2)10(12)9-6-4-3-5-7-9/h1-6,19H,(H,22,23)(H2,18,20,21);3-8,10-12H,1-2H3. The summed E-state index contributed by atoms with van der Waals surface area (Å²) in [6, 6.07) is 15.7. The Hall–Kier alpha value is -3.79. The van der Waals surface area contributed by atoms with Crippen LogP contribution in [0.2, 0.25) is 5.02 Å². The van der Waals surface area contributed by atoms with Crippen LogP contribution in [0.3, 0.4) is 0 Å². The second kappa shape index (κ2) is 11.6. The van der Waals surface area contributed by atoms with E-state index in [4.69, 9.17) is 22.4 Å². The van der Waals surface area contributed by atoms with Crippen molar-refractivity contribution in [1.82, 2.24) is 20.3 Å². The number of carboxylic acids is 1. The van der Waals surface area contributed by atoms with Gasteiger partial charge in [0, 0.05) is 35.1 Å². The van der Waals surface area contributed by atoms with E-state index >= 15 is 0 Å².